The van der Waals surface area contributed by atoms with E-state index < -0.39 is 32.5 Å². The summed E-state index contributed by atoms with van der Waals surface area (Å²) in [6.45, 7) is 3.68. The Hall–Kier alpha value is -1.21. The second-order valence-electron chi connectivity index (χ2n) is 13.6. The predicted molar refractivity (Wildman–Crippen MR) is 198 cm³/mol. The molecule has 0 rings (SSSR count). The van der Waals surface area contributed by atoms with E-state index in [-0.39, 0.29) is 19.4 Å². The second-order valence-corrected chi connectivity index (χ2v) is 14.9. The summed E-state index contributed by atoms with van der Waals surface area (Å²) in [7, 11) is -4.75. The predicted octanol–water partition coefficient (Wildman–Crippen LogP) is 11.8. The number of phosphoric acid groups is 1. The number of carbonyl (C=O) groups excluding carboxylic acids is 2. The van der Waals surface area contributed by atoms with E-state index in [9.17, 15) is 14.2 Å². The van der Waals surface area contributed by atoms with Gasteiger partial charge in [-0.2, -0.15) is 0 Å². The molecule has 0 radical (unpaired) electrons. The highest BCUT2D eigenvalue weighted by atomic mass is 31.2. The smallest absolute Gasteiger partial charge is 0.462 e. The lowest BCUT2D eigenvalue weighted by Gasteiger charge is -2.18. The number of ether oxygens (including phenoxy) is 2. The van der Waals surface area contributed by atoms with Crippen molar-refractivity contribution in [3.63, 3.8) is 0 Å². The number of esters is 2. The van der Waals surface area contributed by atoms with E-state index in [0.29, 0.717) is 6.42 Å². The van der Waals surface area contributed by atoms with Crippen LogP contribution in [0.2, 0.25) is 0 Å². The first-order valence-electron chi connectivity index (χ1n) is 20.0. The van der Waals surface area contributed by atoms with Crippen LogP contribution in [-0.4, -0.2) is 41.0 Å². The average molecular weight is 703 g/mol. The normalized spacial score (nSPS) is 12.5. The number of allylic oxidation sites excluding steroid dienone is 2. The van der Waals surface area contributed by atoms with Gasteiger partial charge in [-0.25, -0.2) is 4.57 Å². The van der Waals surface area contributed by atoms with Crippen LogP contribution >= 0.6 is 7.82 Å². The van der Waals surface area contributed by atoms with Gasteiger partial charge in [-0.15, -0.1) is 0 Å². The van der Waals surface area contributed by atoms with Crippen LogP contribution in [0.15, 0.2) is 12.2 Å². The van der Waals surface area contributed by atoms with Crippen molar-refractivity contribution in [1.82, 2.24) is 0 Å². The summed E-state index contributed by atoms with van der Waals surface area (Å²) in [6.07, 6.45) is 37.8. The molecule has 0 aliphatic carbocycles. The van der Waals surface area contributed by atoms with Gasteiger partial charge in [0.15, 0.2) is 6.10 Å². The van der Waals surface area contributed by atoms with Gasteiger partial charge in [-0.1, -0.05) is 167 Å². The Morgan fingerprint density at radius 3 is 1.27 bits per heavy atom. The molecular formula is C39H75O8P. The first-order valence-corrected chi connectivity index (χ1v) is 21.5. The van der Waals surface area contributed by atoms with Crippen LogP contribution in [0.3, 0.4) is 0 Å². The number of hydrogen-bond donors (Lipinski definition) is 2. The van der Waals surface area contributed by atoms with E-state index in [2.05, 4.69) is 30.5 Å². The molecule has 0 aliphatic heterocycles. The van der Waals surface area contributed by atoms with Crippen LogP contribution in [0.1, 0.15) is 206 Å². The van der Waals surface area contributed by atoms with Crippen molar-refractivity contribution in [2.75, 3.05) is 13.2 Å². The Morgan fingerprint density at radius 1 is 0.521 bits per heavy atom. The highest BCUT2D eigenvalue weighted by molar-refractivity contribution is 7.46. The monoisotopic (exact) mass is 703 g/mol. The van der Waals surface area contributed by atoms with Crippen LogP contribution in [0.25, 0.3) is 0 Å². The molecule has 2 N–H and O–H groups in total. The van der Waals surface area contributed by atoms with Gasteiger partial charge >= 0.3 is 19.8 Å². The Kier molecular flexibility index (Phi) is 34.7. The third-order valence-corrected chi connectivity index (χ3v) is 9.27. The molecule has 0 spiro atoms. The fourth-order valence-corrected chi connectivity index (χ4v) is 6.14. The Labute approximate surface area is 295 Å². The van der Waals surface area contributed by atoms with E-state index in [1.165, 1.54) is 116 Å². The minimum atomic E-state index is -4.75. The molecule has 0 heterocycles. The molecule has 0 saturated heterocycles. The van der Waals surface area contributed by atoms with Crippen LogP contribution < -0.4 is 0 Å². The van der Waals surface area contributed by atoms with Gasteiger partial charge in [-0.3, -0.25) is 14.1 Å². The molecule has 8 nitrogen and oxygen atoms in total. The molecule has 0 aromatic carbocycles. The summed E-state index contributed by atoms with van der Waals surface area (Å²) in [6, 6.07) is 0. The molecule has 0 fully saturated rings. The topological polar surface area (TPSA) is 119 Å². The molecule has 284 valence electrons. The van der Waals surface area contributed by atoms with Crippen LogP contribution in [-0.2, 0) is 28.2 Å². The summed E-state index contributed by atoms with van der Waals surface area (Å²) in [4.78, 5) is 42.7. The number of phosphoric ester groups is 1. The molecule has 0 aromatic rings. The van der Waals surface area contributed by atoms with Crippen molar-refractivity contribution in [2.45, 2.75) is 213 Å². The van der Waals surface area contributed by atoms with E-state index in [1.807, 2.05) is 0 Å². The number of unbranched alkanes of at least 4 members (excludes halogenated alkanes) is 25. The van der Waals surface area contributed by atoms with E-state index in [4.69, 9.17) is 19.3 Å². The zero-order valence-corrected chi connectivity index (χ0v) is 32.0. The lowest BCUT2D eigenvalue weighted by molar-refractivity contribution is -0.161. The van der Waals surface area contributed by atoms with Crippen molar-refractivity contribution in [2.24, 2.45) is 0 Å². The van der Waals surface area contributed by atoms with Crippen molar-refractivity contribution >= 4 is 19.8 Å². The molecule has 9 heteroatoms. The minimum Gasteiger partial charge on any atom is -0.462 e. The Morgan fingerprint density at radius 2 is 0.875 bits per heavy atom. The first kappa shape index (κ1) is 46.8. The molecule has 0 bridgehead atoms. The lowest BCUT2D eigenvalue weighted by atomic mass is 10.0. The minimum absolute atomic E-state index is 0.216. The van der Waals surface area contributed by atoms with Crippen molar-refractivity contribution < 1.29 is 37.9 Å². The van der Waals surface area contributed by atoms with Crippen LogP contribution in [0.5, 0.6) is 0 Å². The van der Waals surface area contributed by atoms with Crippen molar-refractivity contribution in [1.29, 1.82) is 0 Å². The van der Waals surface area contributed by atoms with Gasteiger partial charge in [0.1, 0.15) is 6.61 Å². The molecule has 0 unspecified atom stereocenters. The van der Waals surface area contributed by atoms with Crippen LogP contribution in [0, 0.1) is 0 Å². The molecule has 0 saturated carbocycles. The molecule has 0 aromatic heterocycles. The number of hydrogen-bond acceptors (Lipinski definition) is 6. The van der Waals surface area contributed by atoms with E-state index >= 15 is 0 Å². The van der Waals surface area contributed by atoms with E-state index in [1.54, 1.807) is 0 Å². The highest BCUT2D eigenvalue weighted by Gasteiger charge is 2.22. The number of carbonyl (C=O) groups is 2. The summed E-state index contributed by atoms with van der Waals surface area (Å²) < 4.78 is 26.3. The quantitative estimate of drug-likeness (QED) is 0.0284. The molecule has 1 atom stereocenters. The Bertz CT molecular complexity index is 797. The van der Waals surface area contributed by atoms with Gasteiger partial charge in [0.05, 0.1) is 6.61 Å². The zero-order chi connectivity index (χ0) is 35.4. The third kappa shape index (κ3) is 37.6. The van der Waals surface area contributed by atoms with Gasteiger partial charge in [-0.05, 0) is 38.5 Å². The summed E-state index contributed by atoms with van der Waals surface area (Å²) >= 11 is 0. The third-order valence-electron chi connectivity index (χ3n) is 8.78. The number of rotatable bonds is 37. The maximum absolute atomic E-state index is 12.4. The molecule has 0 amide bonds. The molecular weight excluding hydrogens is 627 g/mol. The second kappa shape index (κ2) is 35.6. The SMILES string of the molecule is CCCCCCCC/C=C\CCCCCCCC(=O)OC[C@H](COP(=O)(O)O)OC(=O)CCCCCCCCCCCCCCCCC. The highest BCUT2D eigenvalue weighted by Crippen LogP contribution is 2.36. The van der Waals surface area contributed by atoms with Crippen molar-refractivity contribution in [3.05, 3.63) is 12.2 Å². The maximum atomic E-state index is 12.4. The van der Waals surface area contributed by atoms with Gasteiger partial charge in [0, 0.05) is 12.8 Å². The fourth-order valence-electron chi connectivity index (χ4n) is 5.78. The Balaban J connectivity index is 3.92. The fraction of sp³-hybridized carbons (Fsp3) is 0.897. The van der Waals surface area contributed by atoms with Crippen molar-refractivity contribution in [3.8, 4) is 0 Å². The first-order chi connectivity index (χ1) is 23.3. The van der Waals surface area contributed by atoms with Crippen LogP contribution in [0.4, 0.5) is 0 Å². The largest absolute Gasteiger partial charge is 0.469 e. The summed E-state index contributed by atoms with van der Waals surface area (Å²) in [5.74, 6) is -0.885. The van der Waals surface area contributed by atoms with Gasteiger partial charge < -0.3 is 19.3 Å². The molecule has 0 aliphatic rings. The molecule has 48 heavy (non-hydrogen) atoms. The summed E-state index contributed by atoms with van der Waals surface area (Å²) in [5, 5.41) is 0. The zero-order valence-electron chi connectivity index (χ0n) is 31.2. The van der Waals surface area contributed by atoms with Gasteiger partial charge in [0.25, 0.3) is 0 Å². The maximum Gasteiger partial charge on any atom is 0.469 e. The van der Waals surface area contributed by atoms with E-state index in [0.717, 1.165) is 57.8 Å². The lowest BCUT2D eigenvalue weighted by Crippen LogP contribution is -2.29. The standard InChI is InChI=1S/C39H75O8P/c1-3-5-7-9-11-13-15-17-19-21-23-25-27-29-31-33-38(40)45-35-37(36-46-48(42,43)44)47-39(41)34-32-30-28-26-24-22-20-18-16-14-12-10-8-6-4-2/h17,19,37H,3-16,18,20-36H2,1-2H3,(H2,42,43,44)/b19-17-/t37-/m1/s1. The van der Waals surface area contributed by atoms with Gasteiger partial charge in [0.2, 0.25) is 0 Å². The average Bonchev–Trinajstić information content (AvgIpc) is 3.05. The summed E-state index contributed by atoms with van der Waals surface area (Å²) in [5.41, 5.74) is 0.